The van der Waals surface area contributed by atoms with Gasteiger partial charge in [0, 0.05) is 25.9 Å². The van der Waals surface area contributed by atoms with Gasteiger partial charge in [-0.05, 0) is 28.7 Å². The van der Waals surface area contributed by atoms with E-state index in [0.29, 0.717) is 32.8 Å². The third-order valence-electron chi connectivity index (χ3n) is 5.16. The molecule has 0 unspecified atom stereocenters. The Bertz CT molecular complexity index is 821. The van der Waals surface area contributed by atoms with Crippen molar-refractivity contribution in [2.24, 2.45) is 0 Å². The molecule has 0 saturated carbocycles. The number of hydrogen-bond donors (Lipinski definition) is 0. The number of carbonyl (C=O) groups excluding carboxylic acids is 2. The molecule has 3 rings (SSSR count). The third-order valence-corrected chi connectivity index (χ3v) is 5.16. The highest BCUT2D eigenvalue weighted by atomic mass is 16.6. The fourth-order valence-electron chi connectivity index (χ4n) is 3.59. The Labute approximate surface area is 177 Å². The SMILES string of the molecule is CCCC(=O)OCCOCCN(C)C(=O)OCC1c2ccccc2-c2ccccc21. The van der Waals surface area contributed by atoms with Crippen LogP contribution in [0.1, 0.15) is 36.8 Å². The van der Waals surface area contributed by atoms with Gasteiger partial charge in [-0.1, -0.05) is 55.5 Å². The van der Waals surface area contributed by atoms with Crippen molar-refractivity contribution >= 4 is 12.1 Å². The first-order chi connectivity index (χ1) is 14.6. The van der Waals surface area contributed by atoms with Gasteiger partial charge in [-0.15, -0.1) is 0 Å². The summed E-state index contributed by atoms with van der Waals surface area (Å²) >= 11 is 0. The van der Waals surface area contributed by atoms with Gasteiger partial charge < -0.3 is 19.1 Å². The van der Waals surface area contributed by atoms with E-state index in [1.165, 1.54) is 27.2 Å². The minimum absolute atomic E-state index is 0.0452. The summed E-state index contributed by atoms with van der Waals surface area (Å²) in [6.07, 6.45) is 0.810. The van der Waals surface area contributed by atoms with Crippen LogP contribution in [0.4, 0.5) is 4.79 Å². The molecular weight excluding hydrogens is 382 g/mol. The number of fused-ring (bicyclic) bond motifs is 3. The van der Waals surface area contributed by atoms with Crippen molar-refractivity contribution < 1.29 is 23.8 Å². The topological polar surface area (TPSA) is 65.1 Å². The Balaban J connectivity index is 1.42. The normalized spacial score (nSPS) is 12.2. The van der Waals surface area contributed by atoms with Crippen molar-refractivity contribution in [2.75, 3.05) is 40.0 Å². The van der Waals surface area contributed by atoms with Crippen molar-refractivity contribution in [1.29, 1.82) is 0 Å². The number of amides is 1. The molecule has 160 valence electrons. The third kappa shape index (κ3) is 5.39. The maximum absolute atomic E-state index is 12.4. The van der Waals surface area contributed by atoms with Crippen LogP contribution in [0.3, 0.4) is 0 Å². The summed E-state index contributed by atoms with van der Waals surface area (Å²) in [4.78, 5) is 25.1. The average Bonchev–Trinajstić information content (AvgIpc) is 3.08. The molecule has 0 heterocycles. The second-order valence-electron chi connectivity index (χ2n) is 7.31. The van der Waals surface area contributed by atoms with E-state index in [4.69, 9.17) is 14.2 Å². The van der Waals surface area contributed by atoms with E-state index in [2.05, 4.69) is 24.3 Å². The molecule has 0 radical (unpaired) electrons. The van der Waals surface area contributed by atoms with Gasteiger partial charge in [-0.25, -0.2) is 4.79 Å². The second kappa shape index (κ2) is 10.8. The molecule has 0 atom stereocenters. The predicted octanol–water partition coefficient (Wildman–Crippen LogP) is 4.23. The van der Waals surface area contributed by atoms with E-state index < -0.39 is 0 Å². The van der Waals surface area contributed by atoms with Gasteiger partial charge in [-0.3, -0.25) is 4.79 Å². The maximum Gasteiger partial charge on any atom is 0.409 e. The molecular formula is C24H29NO5. The minimum atomic E-state index is -0.380. The van der Waals surface area contributed by atoms with Gasteiger partial charge >= 0.3 is 12.1 Å². The summed E-state index contributed by atoms with van der Waals surface area (Å²) in [6.45, 7) is 3.52. The molecule has 6 heteroatoms. The lowest BCUT2D eigenvalue weighted by Gasteiger charge is -2.19. The fraction of sp³-hybridized carbons (Fsp3) is 0.417. The molecule has 2 aromatic rings. The standard InChI is InChI=1S/C24H29NO5/c1-3-8-23(26)29-16-15-28-14-13-25(2)24(27)30-17-22-20-11-6-4-9-18(20)19-10-5-7-12-21(19)22/h4-7,9-12,22H,3,8,13-17H2,1-2H3. The summed E-state index contributed by atoms with van der Waals surface area (Å²) in [6, 6.07) is 16.5. The van der Waals surface area contributed by atoms with Crippen LogP contribution < -0.4 is 0 Å². The molecule has 1 aliphatic rings. The minimum Gasteiger partial charge on any atom is -0.463 e. The molecule has 6 nitrogen and oxygen atoms in total. The number of carbonyl (C=O) groups is 2. The van der Waals surface area contributed by atoms with Crippen molar-refractivity contribution in [3.63, 3.8) is 0 Å². The monoisotopic (exact) mass is 411 g/mol. The van der Waals surface area contributed by atoms with Crippen LogP contribution in [-0.4, -0.2) is 57.0 Å². The second-order valence-corrected chi connectivity index (χ2v) is 7.31. The fourth-order valence-corrected chi connectivity index (χ4v) is 3.59. The number of hydrogen-bond acceptors (Lipinski definition) is 5. The first-order valence-electron chi connectivity index (χ1n) is 10.4. The van der Waals surface area contributed by atoms with Crippen LogP contribution in [0.5, 0.6) is 0 Å². The molecule has 0 aliphatic heterocycles. The van der Waals surface area contributed by atoms with Crippen molar-refractivity contribution in [3.8, 4) is 11.1 Å². The van der Waals surface area contributed by atoms with E-state index in [0.717, 1.165) is 6.42 Å². The van der Waals surface area contributed by atoms with Crippen LogP contribution in [0, 0.1) is 0 Å². The number of rotatable bonds is 10. The zero-order chi connectivity index (χ0) is 21.3. The zero-order valence-corrected chi connectivity index (χ0v) is 17.6. The Morgan fingerprint density at radius 1 is 0.900 bits per heavy atom. The van der Waals surface area contributed by atoms with Crippen molar-refractivity contribution in [3.05, 3.63) is 59.7 Å². The largest absolute Gasteiger partial charge is 0.463 e. The Kier molecular flexibility index (Phi) is 7.85. The highest BCUT2D eigenvalue weighted by Crippen LogP contribution is 2.44. The van der Waals surface area contributed by atoms with Gasteiger partial charge in [0.1, 0.15) is 13.2 Å². The zero-order valence-electron chi connectivity index (χ0n) is 17.6. The first-order valence-corrected chi connectivity index (χ1v) is 10.4. The molecule has 30 heavy (non-hydrogen) atoms. The maximum atomic E-state index is 12.4. The summed E-state index contributed by atoms with van der Waals surface area (Å²) in [5.41, 5.74) is 4.79. The number of benzene rings is 2. The summed E-state index contributed by atoms with van der Waals surface area (Å²) < 4.78 is 16.0. The van der Waals surface area contributed by atoms with Crippen LogP contribution in [0.2, 0.25) is 0 Å². The summed E-state index contributed by atoms with van der Waals surface area (Å²) in [5, 5.41) is 0. The van der Waals surface area contributed by atoms with Crippen molar-refractivity contribution in [1.82, 2.24) is 4.90 Å². The molecule has 0 aromatic heterocycles. The highest BCUT2D eigenvalue weighted by molar-refractivity contribution is 5.79. The molecule has 1 amide bonds. The van der Waals surface area contributed by atoms with E-state index >= 15 is 0 Å². The summed E-state index contributed by atoms with van der Waals surface area (Å²) in [5.74, 6) is -0.166. The lowest BCUT2D eigenvalue weighted by atomic mass is 9.98. The number of likely N-dealkylation sites (N-methyl/N-ethyl adjacent to an activating group) is 1. The number of ether oxygens (including phenoxy) is 3. The van der Waals surface area contributed by atoms with Crippen LogP contribution >= 0.6 is 0 Å². The Morgan fingerprint density at radius 3 is 2.17 bits per heavy atom. The van der Waals surface area contributed by atoms with Gasteiger partial charge in [-0.2, -0.15) is 0 Å². The predicted molar refractivity (Wildman–Crippen MR) is 114 cm³/mol. The quantitative estimate of drug-likeness (QED) is 0.432. The molecule has 0 N–H and O–H groups in total. The number of nitrogens with zero attached hydrogens (tertiary/aromatic N) is 1. The highest BCUT2D eigenvalue weighted by Gasteiger charge is 2.29. The number of esters is 1. The molecule has 0 fully saturated rings. The van der Waals surface area contributed by atoms with Crippen LogP contribution in [0.25, 0.3) is 11.1 Å². The Morgan fingerprint density at radius 2 is 1.53 bits per heavy atom. The molecule has 0 saturated heterocycles. The molecule has 0 spiro atoms. The molecule has 2 aromatic carbocycles. The smallest absolute Gasteiger partial charge is 0.409 e. The van der Waals surface area contributed by atoms with Crippen molar-refractivity contribution in [2.45, 2.75) is 25.7 Å². The lowest BCUT2D eigenvalue weighted by Crippen LogP contribution is -2.32. The first kappa shape index (κ1) is 21.8. The Hall–Kier alpha value is -2.86. The molecule has 0 bridgehead atoms. The van der Waals surface area contributed by atoms with E-state index in [-0.39, 0.29) is 24.6 Å². The van der Waals surface area contributed by atoms with E-state index in [1.807, 2.05) is 31.2 Å². The van der Waals surface area contributed by atoms with Crippen LogP contribution in [-0.2, 0) is 19.0 Å². The van der Waals surface area contributed by atoms with Gasteiger partial charge in [0.2, 0.25) is 0 Å². The van der Waals surface area contributed by atoms with Gasteiger partial charge in [0.15, 0.2) is 0 Å². The van der Waals surface area contributed by atoms with E-state index in [1.54, 1.807) is 7.05 Å². The lowest BCUT2D eigenvalue weighted by molar-refractivity contribution is -0.145. The van der Waals surface area contributed by atoms with Crippen LogP contribution in [0.15, 0.2) is 48.5 Å². The average molecular weight is 411 g/mol. The van der Waals surface area contributed by atoms with E-state index in [9.17, 15) is 9.59 Å². The summed E-state index contributed by atoms with van der Waals surface area (Å²) in [7, 11) is 1.68. The molecule has 1 aliphatic carbocycles. The van der Waals surface area contributed by atoms with Gasteiger partial charge in [0.25, 0.3) is 0 Å². The van der Waals surface area contributed by atoms with Gasteiger partial charge in [0.05, 0.1) is 13.2 Å².